The minimum Gasteiger partial charge on any atom is -0.483 e. The van der Waals surface area contributed by atoms with Gasteiger partial charge in [0, 0.05) is 6.42 Å². The highest BCUT2D eigenvalue weighted by Crippen LogP contribution is 2.31. The average molecular weight is 400 g/mol. The summed E-state index contributed by atoms with van der Waals surface area (Å²) in [5.41, 5.74) is 3.85. The van der Waals surface area contributed by atoms with Crippen LogP contribution in [0.5, 0.6) is 5.75 Å². The molecule has 152 valence electrons. The molecular weight excluding hydrogens is 378 g/mol. The van der Waals surface area contributed by atoms with Gasteiger partial charge in [0.1, 0.15) is 6.61 Å². The number of benzene rings is 2. The van der Waals surface area contributed by atoms with Gasteiger partial charge in [-0.2, -0.15) is 0 Å². The second-order valence-corrected chi connectivity index (χ2v) is 6.80. The van der Waals surface area contributed by atoms with Crippen LogP contribution >= 0.6 is 0 Å². The molecule has 0 bridgehead atoms. The molecule has 0 radical (unpaired) electrons. The Labute approximate surface area is 168 Å². The Balaban J connectivity index is 1.77. The average Bonchev–Trinajstić information content (AvgIpc) is 2.72. The molecule has 0 fully saturated rings. The number of rotatable bonds is 8. The Bertz CT molecular complexity index is 912. The molecule has 3 rings (SSSR count). The molecule has 0 saturated heterocycles. The zero-order valence-corrected chi connectivity index (χ0v) is 15.9. The van der Waals surface area contributed by atoms with Crippen molar-refractivity contribution in [1.29, 1.82) is 0 Å². The summed E-state index contributed by atoms with van der Waals surface area (Å²) in [5.74, 6) is -3.22. The number of halogens is 2. The van der Waals surface area contributed by atoms with E-state index in [2.05, 4.69) is 6.58 Å². The highest BCUT2D eigenvalue weighted by atomic mass is 19.1. The van der Waals surface area contributed by atoms with E-state index in [0.29, 0.717) is 19.6 Å². The Kier molecular flexibility index (Phi) is 6.77. The second kappa shape index (κ2) is 9.47. The molecule has 6 heteroatoms. The predicted molar refractivity (Wildman–Crippen MR) is 106 cm³/mol. The van der Waals surface area contributed by atoms with E-state index in [4.69, 9.17) is 14.6 Å². The maximum Gasteiger partial charge on any atom is 0.303 e. The molecule has 4 nitrogen and oxygen atoms in total. The molecule has 0 spiro atoms. The van der Waals surface area contributed by atoms with Gasteiger partial charge in [-0.25, -0.2) is 8.78 Å². The Morgan fingerprint density at radius 1 is 1.17 bits per heavy atom. The van der Waals surface area contributed by atoms with Gasteiger partial charge in [-0.3, -0.25) is 4.79 Å². The summed E-state index contributed by atoms with van der Waals surface area (Å²) in [5, 5.41) is 8.71. The summed E-state index contributed by atoms with van der Waals surface area (Å²) in [6.07, 6.45) is 0.489. The lowest BCUT2D eigenvalue weighted by molar-refractivity contribution is -0.136. The lowest BCUT2D eigenvalue weighted by atomic mass is 9.92. The van der Waals surface area contributed by atoms with Gasteiger partial charge in [-0.15, -0.1) is 0 Å². The number of hydrogen-bond donors (Lipinski definition) is 1. The van der Waals surface area contributed by atoms with Crippen molar-refractivity contribution in [3.05, 3.63) is 83.0 Å². The van der Waals surface area contributed by atoms with Gasteiger partial charge in [0.2, 0.25) is 0 Å². The van der Waals surface area contributed by atoms with Gasteiger partial charge in [-0.05, 0) is 52.8 Å². The van der Waals surface area contributed by atoms with Crippen molar-refractivity contribution in [2.45, 2.75) is 19.3 Å². The first-order valence-electron chi connectivity index (χ1n) is 9.31. The van der Waals surface area contributed by atoms with Crippen molar-refractivity contribution < 1.29 is 28.2 Å². The smallest absolute Gasteiger partial charge is 0.303 e. The number of aliphatic carboxylic acids is 1. The van der Waals surface area contributed by atoms with Crippen LogP contribution in [-0.4, -0.2) is 30.9 Å². The molecular formula is C23H22F2O4. The third kappa shape index (κ3) is 5.29. The summed E-state index contributed by atoms with van der Waals surface area (Å²) < 4.78 is 39.6. The third-order valence-electron chi connectivity index (χ3n) is 4.76. The molecule has 0 unspecified atom stereocenters. The van der Waals surface area contributed by atoms with E-state index in [9.17, 15) is 13.6 Å². The highest BCUT2D eigenvalue weighted by Gasteiger charge is 2.19. The SMILES string of the molecule is C=C(C1=C(COc2c(F)cc(CCC(=O)O)cc2F)COCC1)c1ccccc1. The van der Waals surface area contributed by atoms with Crippen molar-refractivity contribution in [2.24, 2.45) is 0 Å². The van der Waals surface area contributed by atoms with Gasteiger partial charge in [-0.1, -0.05) is 36.9 Å². The van der Waals surface area contributed by atoms with Crippen LogP contribution in [-0.2, 0) is 16.0 Å². The summed E-state index contributed by atoms with van der Waals surface area (Å²) in [6, 6.07) is 11.9. The molecule has 1 aliphatic rings. The molecule has 1 aliphatic heterocycles. The van der Waals surface area contributed by atoms with Crippen LogP contribution < -0.4 is 4.74 Å². The van der Waals surface area contributed by atoms with Gasteiger partial charge in [0.05, 0.1) is 13.2 Å². The highest BCUT2D eigenvalue weighted by molar-refractivity contribution is 5.78. The van der Waals surface area contributed by atoms with Crippen LogP contribution in [0, 0.1) is 11.6 Å². The summed E-state index contributed by atoms with van der Waals surface area (Å²) in [4.78, 5) is 10.6. The monoisotopic (exact) mass is 400 g/mol. The first kappa shape index (κ1) is 20.7. The van der Waals surface area contributed by atoms with E-state index in [1.165, 1.54) is 0 Å². The summed E-state index contributed by atoms with van der Waals surface area (Å²) in [6.45, 7) is 5.00. The summed E-state index contributed by atoms with van der Waals surface area (Å²) >= 11 is 0. The molecule has 0 aromatic heterocycles. The number of ether oxygens (including phenoxy) is 2. The van der Waals surface area contributed by atoms with E-state index < -0.39 is 23.4 Å². The van der Waals surface area contributed by atoms with E-state index >= 15 is 0 Å². The number of carboxylic acids is 1. The van der Waals surface area contributed by atoms with E-state index in [-0.39, 0.29) is 25.0 Å². The molecule has 0 saturated carbocycles. The van der Waals surface area contributed by atoms with Crippen LogP contribution in [0.15, 0.2) is 60.2 Å². The minimum atomic E-state index is -1.03. The fraction of sp³-hybridized carbons (Fsp3) is 0.261. The number of carbonyl (C=O) groups is 1. The second-order valence-electron chi connectivity index (χ2n) is 6.80. The third-order valence-corrected chi connectivity index (χ3v) is 4.76. The molecule has 0 aliphatic carbocycles. The number of aryl methyl sites for hydroxylation is 1. The van der Waals surface area contributed by atoms with Crippen molar-refractivity contribution in [2.75, 3.05) is 19.8 Å². The molecule has 0 atom stereocenters. The van der Waals surface area contributed by atoms with Gasteiger partial charge >= 0.3 is 5.97 Å². The number of carboxylic acid groups (broad SMARTS) is 1. The quantitative estimate of drug-likeness (QED) is 0.692. The molecule has 2 aromatic rings. The Hall–Kier alpha value is -2.99. The van der Waals surface area contributed by atoms with Crippen LogP contribution in [0.4, 0.5) is 8.78 Å². The van der Waals surface area contributed by atoms with Gasteiger partial charge < -0.3 is 14.6 Å². The molecule has 1 N–H and O–H groups in total. The zero-order valence-electron chi connectivity index (χ0n) is 15.9. The molecule has 2 aromatic carbocycles. The van der Waals surface area contributed by atoms with Crippen LogP contribution in [0.25, 0.3) is 5.57 Å². The maximum absolute atomic E-state index is 14.3. The standard InChI is InChI=1S/C23H22F2O4/c1-15(17-5-3-2-4-6-17)19-9-10-28-13-18(19)14-29-23-20(24)11-16(12-21(23)25)7-8-22(26)27/h2-6,11-12H,1,7-10,13-14H2,(H,26,27). The molecule has 0 amide bonds. The Morgan fingerprint density at radius 3 is 2.52 bits per heavy atom. The number of hydrogen-bond acceptors (Lipinski definition) is 3. The van der Waals surface area contributed by atoms with E-state index in [0.717, 1.165) is 34.4 Å². The largest absolute Gasteiger partial charge is 0.483 e. The maximum atomic E-state index is 14.3. The number of allylic oxidation sites excluding steroid dienone is 1. The summed E-state index contributed by atoms with van der Waals surface area (Å²) in [7, 11) is 0. The van der Waals surface area contributed by atoms with Crippen LogP contribution in [0.1, 0.15) is 24.0 Å². The normalized spacial score (nSPS) is 14.0. The first-order valence-corrected chi connectivity index (χ1v) is 9.31. The molecule has 29 heavy (non-hydrogen) atoms. The fourth-order valence-electron chi connectivity index (χ4n) is 3.25. The predicted octanol–water partition coefficient (Wildman–Crippen LogP) is 4.79. The first-order chi connectivity index (χ1) is 14.0. The van der Waals surface area contributed by atoms with Gasteiger partial charge in [0.25, 0.3) is 0 Å². The van der Waals surface area contributed by atoms with Crippen LogP contribution in [0.3, 0.4) is 0 Å². The molecule has 1 heterocycles. The van der Waals surface area contributed by atoms with Crippen molar-refractivity contribution in [1.82, 2.24) is 0 Å². The van der Waals surface area contributed by atoms with Crippen molar-refractivity contribution >= 4 is 11.5 Å². The fourth-order valence-corrected chi connectivity index (χ4v) is 3.25. The Morgan fingerprint density at radius 2 is 1.86 bits per heavy atom. The van der Waals surface area contributed by atoms with Crippen LogP contribution in [0.2, 0.25) is 0 Å². The van der Waals surface area contributed by atoms with Crippen molar-refractivity contribution in [3.8, 4) is 5.75 Å². The lowest BCUT2D eigenvalue weighted by Crippen LogP contribution is -2.18. The van der Waals surface area contributed by atoms with E-state index in [1.807, 2.05) is 30.3 Å². The topological polar surface area (TPSA) is 55.8 Å². The minimum absolute atomic E-state index is 0.0243. The van der Waals surface area contributed by atoms with Crippen molar-refractivity contribution in [3.63, 3.8) is 0 Å². The zero-order chi connectivity index (χ0) is 20.8. The lowest BCUT2D eigenvalue weighted by Gasteiger charge is -2.23. The van der Waals surface area contributed by atoms with E-state index in [1.54, 1.807) is 0 Å². The van der Waals surface area contributed by atoms with Gasteiger partial charge in [0.15, 0.2) is 17.4 Å².